The van der Waals surface area contributed by atoms with E-state index in [1.54, 1.807) is 11.3 Å². The molecule has 0 aromatic carbocycles. The Kier molecular flexibility index (Phi) is 4.37. The van der Waals surface area contributed by atoms with Crippen LogP contribution in [-0.2, 0) is 0 Å². The van der Waals surface area contributed by atoms with Crippen LogP contribution in [0.3, 0.4) is 0 Å². The van der Waals surface area contributed by atoms with Crippen molar-refractivity contribution >= 4 is 17.2 Å². The number of thiophene rings is 1. The number of rotatable bonds is 2. The van der Waals surface area contributed by atoms with E-state index in [1.165, 1.54) is 19.4 Å². The summed E-state index contributed by atoms with van der Waals surface area (Å²) in [5, 5.41) is 4.14. The van der Waals surface area contributed by atoms with Crippen LogP contribution in [0.15, 0.2) is 29.0 Å². The van der Waals surface area contributed by atoms with Crippen LogP contribution >= 0.6 is 11.3 Å². The Morgan fingerprint density at radius 2 is 2.08 bits per heavy atom. The van der Waals surface area contributed by atoms with Crippen LogP contribution in [0, 0.1) is 6.92 Å². The molecular formula is C19H23N3OS. The Morgan fingerprint density at radius 1 is 1.21 bits per heavy atom. The first-order valence-corrected chi connectivity index (χ1v) is 9.70. The Labute approximate surface area is 147 Å². The lowest BCUT2D eigenvalue weighted by molar-refractivity contribution is 0.0742. The van der Waals surface area contributed by atoms with Crippen molar-refractivity contribution in [3.63, 3.8) is 0 Å². The summed E-state index contributed by atoms with van der Waals surface area (Å²) in [4.78, 5) is 22.3. The van der Waals surface area contributed by atoms with Gasteiger partial charge >= 0.3 is 0 Å². The van der Waals surface area contributed by atoms with Crippen molar-refractivity contribution in [1.29, 1.82) is 0 Å². The van der Waals surface area contributed by atoms with E-state index in [4.69, 9.17) is 0 Å². The van der Waals surface area contributed by atoms with Crippen molar-refractivity contribution in [2.24, 2.45) is 0 Å². The maximum atomic E-state index is 13.0. The van der Waals surface area contributed by atoms with Crippen LogP contribution in [0.2, 0.25) is 0 Å². The number of fused-ring (bicyclic) bond motifs is 1. The Hall–Kier alpha value is -1.72. The number of nitrogens with zero attached hydrogens (tertiary/aromatic N) is 3. The second-order valence-corrected chi connectivity index (χ2v) is 7.56. The van der Waals surface area contributed by atoms with Gasteiger partial charge in [0.2, 0.25) is 0 Å². The predicted octanol–water partition coefficient (Wildman–Crippen LogP) is 3.43. The number of hydrogen-bond donors (Lipinski definition) is 0. The highest BCUT2D eigenvalue weighted by atomic mass is 32.1. The molecule has 24 heavy (non-hydrogen) atoms. The van der Waals surface area contributed by atoms with Gasteiger partial charge < -0.3 is 4.90 Å². The average Bonchev–Trinajstić information content (AvgIpc) is 3.23. The number of carbonyl (C=O) groups excluding carboxylic acids is 1. The number of hydrogen-bond acceptors (Lipinski definition) is 4. The van der Waals surface area contributed by atoms with E-state index in [-0.39, 0.29) is 5.91 Å². The van der Waals surface area contributed by atoms with Crippen LogP contribution in [-0.4, -0.2) is 52.9 Å². The summed E-state index contributed by atoms with van der Waals surface area (Å²) < 4.78 is 0. The van der Waals surface area contributed by atoms with Gasteiger partial charge in [-0.05, 0) is 56.3 Å². The fourth-order valence-corrected chi connectivity index (χ4v) is 4.57. The lowest BCUT2D eigenvalue weighted by Gasteiger charge is -2.26. The van der Waals surface area contributed by atoms with Crippen LogP contribution in [0.4, 0.5) is 0 Å². The first-order valence-electron chi connectivity index (χ1n) is 8.76. The molecule has 2 aliphatic rings. The second-order valence-electron chi connectivity index (χ2n) is 6.78. The molecule has 1 amide bonds. The number of aromatic nitrogens is 1. The Balaban J connectivity index is 1.55. The maximum absolute atomic E-state index is 13.0. The quantitative estimate of drug-likeness (QED) is 0.840. The van der Waals surface area contributed by atoms with Gasteiger partial charge in [-0.15, -0.1) is 0 Å². The third-order valence-electron chi connectivity index (χ3n) is 5.22. The van der Waals surface area contributed by atoms with Crippen molar-refractivity contribution in [2.75, 3.05) is 26.2 Å². The van der Waals surface area contributed by atoms with E-state index in [9.17, 15) is 4.79 Å². The van der Waals surface area contributed by atoms with E-state index in [0.29, 0.717) is 6.04 Å². The monoisotopic (exact) mass is 341 g/mol. The fraction of sp³-hybridized carbons (Fsp3) is 0.474. The number of carbonyl (C=O) groups is 1. The second kappa shape index (κ2) is 6.65. The SMILES string of the molecule is Cc1nc(-c2ccsc2)ccc1C(=O)N1CCCN2CCC[C@H]2C1. The van der Waals surface area contributed by atoms with Gasteiger partial charge in [0.05, 0.1) is 17.0 Å². The van der Waals surface area contributed by atoms with Gasteiger partial charge in [0.1, 0.15) is 0 Å². The molecule has 4 heterocycles. The number of aryl methyl sites for hydroxylation is 1. The fourth-order valence-electron chi connectivity index (χ4n) is 3.92. The molecule has 2 aromatic heterocycles. The average molecular weight is 341 g/mol. The summed E-state index contributed by atoms with van der Waals surface area (Å²) in [5.41, 5.74) is 3.65. The molecule has 2 aliphatic heterocycles. The van der Waals surface area contributed by atoms with Crippen molar-refractivity contribution in [2.45, 2.75) is 32.2 Å². The smallest absolute Gasteiger partial charge is 0.255 e. The molecule has 2 fully saturated rings. The minimum atomic E-state index is 0.144. The van der Waals surface area contributed by atoms with Gasteiger partial charge in [0.25, 0.3) is 5.91 Å². The van der Waals surface area contributed by atoms with Crippen molar-refractivity contribution in [3.8, 4) is 11.3 Å². The van der Waals surface area contributed by atoms with Crippen LogP contribution in [0.25, 0.3) is 11.3 Å². The zero-order chi connectivity index (χ0) is 16.5. The highest BCUT2D eigenvalue weighted by Crippen LogP contribution is 2.24. The standard InChI is InChI=1S/C19H23N3OS/c1-14-17(5-6-18(20-14)15-7-11-24-13-15)19(23)22-10-3-9-21-8-2-4-16(21)12-22/h5-7,11,13,16H,2-4,8-10,12H2,1H3/t16-/m0/s1. The zero-order valence-electron chi connectivity index (χ0n) is 14.1. The molecule has 4 nitrogen and oxygen atoms in total. The van der Waals surface area contributed by atoms with E-state index < -0.39 is 0 Å². The van der Waals surface area contributed by atoms with E-state index in [0.717, 1.165) is 48.6 Å². The molecule has 0 unspecified atom stereocenters. The topological polar surface area (TPSA) is 36.4 Å². The molecule has 0 aliphatic carbocycles. The highest BCUT2D eigenvalue weighted by Gasteiger charge is 2.31. The van der Waals surface area contributed by atoms with Gasteiger partial charge in [0, 0.05) is 36.6 Å². The van der Waals surface area contributed by atoms with Crippen molar-refractivity contribution in [1.82, 2.24) is 14.8 Å². The number of amides is 1. The Bertz CT molecular complexity index is 728. The lowest BCUT2D eigenvalue weighted by atomic mass is 10.1. The first-order chi connectivity index (χ1) is 11.7. The van der Waals surface area contributed by atoms with Crippen LogP contribution in [0.1, 0.15) is 35.3 Å². The maximum Gasteiger partial charge on any atom is 0.255 e. The van der Waals surface area contributed by atoms with E-state index in [1.807, 2.05) is 24.0 Å². The van der Waals surface area contributed by atoms with Gasteiger partial charge in [-0.25, -0.2) is 0 Å². The normalized spacial score (nSPS) is 21.5. The highest BCUT2D eigenvalue weighted by molar-refractivity contribution is 7.08. The zero-order valence-corrected chi connectivity index (χ0v) is 14.9. The molecule has 0 spiro atoms. The number of pyridine rings is 1. The molecule has 4 rings (SSSR count). The molecule has 0 radical (unpaired) electrons. The van der Waals surface area contributed by atoms with Crippen molar-refractivity contribution < 1.29 is 4.79 Å². The molecule has 2 aromatic rings. The summed E-state index contributed by atoms with van der Waals surface area (Å²) in [6, 6.07) is 6.55. The minimum Gasteiger partial charge on any atom is -0.337 e. The molecule has 2 saturated heterocycles. The predicted molar refractivity (Wildman–Crippen MR) is 97.4 cm³/mol. The molecule has 5 heteroatoms. The Morgan fingerprint density at radius 3 is 2.88 bits per heavy atom. The first kappa shape index (κ1) is 15.8. The summed E-state index contributed by atoms with van der Waals surface area (Å²) in [6.07, 6.45) is 3.56. The summed E-state index contributed by atoms with van der Waals surface area (Å²) in [6.45, 7) is 6.00. The third kappa shape index (κ3) is 2.98. The third-order valence-corrected chi connectivity index (χ3v) is 5.91. The molecular weight excluding hydrogens is 318 g/mol. The van der Waals surface area contributed by atoms with Gasteiger partial charge in [-0.2, -0.15) is 11.3 Å². The molecule has 1 atom stereocenters. The van der Waals surface area contributed by atoms with E-state index >= 15 is 0 Å². The molecule has 0 saturated carbocycles. The van der Waals surface area contributed by atoms with E-state index in [2.05, 4.69) is 26.7 Å². The lowest BCUT2D eigenvalue weighted by Crippen LogP contribution is -2.39. The van der Waals surface area contributed by atoms with Crippen LogP contribution in [0.5, 0.6) is 0 Å². The van der Waals surface area contributed by atoms with Crippen LogP contribution < -0.4 is 0 Å². The minimum absolute atomic E-state index is 0.144. The molecule has 0 bridgehead atoms. The van der Waals surface area contributed by atoms with Gasteiger partial charge in [-0.3, -0.25) is 14.7 Å². The molecule has 0 N–H and O–H groups in total. The van der Waals surface area contributed by atoms with Gasteiger partial charge in [-0.1, -0.05) is 0 Å². The van der Waals surface area contributed by atoms with Crippen molar-refractivity contribution in [3.05, 3.63) is 40.2 Å². The summed E-state index contributed by atoms with van der Waals surface area (Å²) >= 11 is 1.66. The largest absolute Gasteiger partial charge is 0.337 e. The van der Waals surface area contributed by atoms with Gasteiger partial charge in [0.15, 0.2) is 0 Å². The summed E-state index contributed by atoms with van der Waals surface area (Å²) in [5.74, 6) is 0.144. The molecule has 126 valence electrons. The summed E-state index contributed by atoms with van der Waals surface area (Å²) in [7, 11) is 0.